The number of carboxylic acid groups (broad SMARTS) is 1. The summed E-state index contributed by atoms with van der Waals surface area (Å²) in [4.78, 5) is 21.8. The Labute approximate surface area is 101 Å². The van der Waals surface area contributed by atoms with E-state index in [0.29, 0.717) is 6.54 Å². The van der Waals surface area contributed by atoms with E-state index in [1.165, 1.54) is 13.3 Å². The van der Waals surface area contributed by atoms with Crippen LogP contribution < -0.4 is 10.6 Å². The number of rotatable bonds is 5. The highest BCUT2D eigenvalue weighted by Gasteiger charge is 2.15. The van der Waals surface area contributed by atoms with Gasteiger partial charge in [-0.2, -0.15) is 0 Å². The molecule has 3 N–H and O–H groups in total. The molecule has 6 nitrogen and oxygen atoms in total. The summed E-state index contributed by atoms with van der Waals surface area (Å²) in [6.45, 7) is 2.72. The van der Waals surface area contributed by atoms with Crippen molar-refractivity contribution in [3.05, 3.63) is 0 Å². The average molecular weight is 244 g/mol. The molecule has 1 aliphatic rings. The molecule has 0 saturated carbocycles. The lowest BCUT2D eigenvalue weighted by Gasteiger charge is -2.22. The van der Waals surface area contributed by atoms with Gasteiger partial charge in [0.15, 0.2) is 0 Å². The van der Waals surface area contributed by atoms with Crippen LogP contribution in [0.3, 0.4) is 0 Å². The Kier molecular flexibility index (Phi) is 5.76. The van der Waals surface area contributed by atoms with Crippen molar-refractivity contribution in [3.8, 4) is 0 Å². The number of ether oxygens (including phenoxy) is 1. The van der Waals surface area contributed by atoms with Crippen LogP contribution in [-0.2, 0) is 9.53 Å². The first-order valence-corrected chi connectivity index (χ1v) is 5.98. The standard InChI is InChI=1S/C11H20N2O4/c1-8(10(14)15)13-11(16)12-6-5-9-4-2-3-7-17-9/h8-9H,2-7H2,1H3,(H,14,15)(H2,12,13,16)/t8-,9?/m1/s1. The van der Waals surface area contributed by atoms with E-state index in [2.05, 4.69) is 10.6 Å². The lowest BCUT2D eigenvalue weighted by atomic mass is 10.1. The van der Waals surface area contributed by atoms with Crippen LogP contribution in [0.25, 0.3) is 0 Å². The Morgan fingerprint density at radius 1 is 1.47 bits per heavy atom. The molecule has 1 fully saturated rings. The number of carbonyl (C=O) groups excluding carboxylic acids is 1. The summed E-state index contributed by atoms with van der Waals surface area (Å²) in [6.07, 6.45) is 4.32. The van der Waals surface area contributed by atoms with Crippen LogP contribution in [0.15, 0.2) is 0 Å². The second kappa shape index (κ2) is 7.11. The first-order chi connectivity index (χ1) is 8.09. The maximum atomic E-state index is 11.3. The smallest absolute Gasteiger partial charge is 0.325 e. The van der Waals surface area contributed by atoms with E-state index < -0.39 is 18.0 Å². The van der Waals surface area contributed by atoms with Crippen molar-refractivity contribution in [1.82, 2.24) is 10.6 Å². The molecule has 0 spiro atoms. The van der Waals surface area contributed by atoms with Gasteiger partial charge in [0.1, 0.15) is 6.04 Å². The fraction of sp³-hybridized carbons (Fsp3) is 0.818. The van der Waals surface area contributed by atoms with Gasteiger partial charge in [0.05, 0.1) is 6.10 Å². The molecule has 0 aromatic carbocycles. The zero-order valence-corrected chi connectivity index (χ0v) is 10.1. The summed E-state index contributed by atoms with van der Waals surface area (Å²) in [5.41, 5.74) is 0. The highest BCUT2D eigenvalue weighted by atomic mass is 16.5. The minimum Gasteiger partial charge on any atom is -0.480 e. The Morgan fingerprint density at radius 3 is 2.82 bits per heavy atom. The van der Waals surface area contributed by atoms with Crippen LogP contribution in [0, 0.1) is 0 Å². The number of hydrogen-bond donors (Lipinski definition) is 3. The third kappa shape index (κ3) is 5.53. The summed E-state index contributed by atoms with van der Waals surface area (Å²) >= 11 is 0. The Bertz CT molecular complexity index is 264. The van der Waals surface area contributed by atoms with Crippen molar-refractivity contribution in [1.29, 1.82) is 0 Å². The molecule has 2 atom stereocenters. The summed E-state index contributed by atoms with van der Waals surface area (Å²) in [5.74, 6) is -1.05. The second-order valence-electron chi connectivity index (χ2n) is 4.24. The summed E-state index contributed by atoms with van der Waals surface area (Å²) in [5, 5.41) is 13.5. The first-order valence-electron chi connectivity index (χ1n) is 5.98. The van der Waals surface area contributed by atoms with Gasteiger partial charge in [-0.15, -0.1) is 0 Å². The molecule has 0 aromatic heterocycles. The minimum atomic E-state index is -1.05. The maximum Gasteiger partial charge on any atom is 0.325 e. The van der Waals surface area contributed by atoms with E-state index in [1.54, 1.807) is 0 Å². The molecule has 1 aliphatic heterocycles. The van der Waals surface area contributed by atoms with Gasteiger partial charge in [-0.05, 0) is 32.6 Å². The largest absolute Gasteiger partial charge is 0.480 e. The Morgan fingerprint density at radius 2 is 2.24 bits per heavy atom. The van der Waals surface area contributed by atoms with Crippen LogP contribution in [0.4, 0.5) is 4.79 Å². The van der Waals surface area contributed by atoms with Crippen LogP contribution in [-0.4, -0.2) is 42.4 Å². The third-order valence-corrected chi connectivity index (χ3v) is 2.74. The van der Waals surface area contributed by atoms with E-state index in [1.807, 2.05) is 0 Å². The SMILES string of the molecule is C[C@@H](NC(=O)NCCC1CCCCO1)C(=O)O. The highest BCUT2D eigenvalue weighted by Crippen LogP contribution is 2.14. The molecule has 17 heavy (non-hydrogen) atoms. The van der Waals surface area contributed by atoms with Crippen molar-refractivity contribution in [2.24, 2.45) is 0 Å². The van der Waals surface area contributed by atoms with E-state index in [9.17, 15) is 9.59 Å². The van der Waals surface area contributed by atoms with Crippen molar-refractivity contribution in [2.45, 2.75) is 44.8 Å². The zero-order chi connectivity index (χ0) is 12.7. The van der Waals surface area contributed by atoms with Gasteiger partial charge in [-0.25, -0.2) is 4.79 Å². The summed E-state index contributed by atoms with van der Waals surface area (Å²) in [6, 6.07) is -1.32. The van der Waals surface area contributed by atoms with Crippen LogP contribution in [0.2, 0.25) is 0 Å². The molecular formula is C11H20N2O4. The third-order valence-electron chi connectivity index (χ3n) is 2.74. The molecule has 1 heterocycles. The molecule has 98 valence electrons. The molecular weight excluding hydrogens is 224 g/mol. The lowest BCUT2D eigenvalue weighted by Crippen LogP contribution is -2.45. The number of aliphatic carboxylic acids is 1. The van der Waals surface area contributed by atoms with Gasteiger partial charge in [0, 0.05) is 13.2 Å². The van der Waals surface area contributed by atoms with Crippen molar-refractivity contribution >= 4 is 12.0 Å². The summed E-state index contributed by atoms with van der Waals surface area (Å²) < 4.78 is 5.51. The predicted molar refractivity (Wildman–Crippen MR) is 61.8 cm³/mol. The molecule has 1 saturated heterocycles. The minimum absolute atomic E-state index is 0.223. The van der Waals surface area contributed by atoms with Gasteiger partial charge in [0.2, 0.25) is 0 Å². The van der Waals surface area contributed by atoms with E-state index >= 15 is 0 Å². The van der Waals surface area contributed by atoms with Crippen molar-refractivity contribution in [2.75, 3.05) is 13.2 Å². The van der Waals surface area contributed by atoms with Crippen LogP contribution in [0.5, 0.6) is 0 Å². The fourth-order valence-corrected chi connectivity index (χ4v) is 1.69. The van der Waals surface area contributed by atoms with E-state index in [0.717, 1.165) is 25.9 Å². The molecule has 0 bridgehead atoms. The van der Waals surface area contributed by atoms with Crippen molar-refractivity contribution in [3.63, 3.8) is 0 Å². The monoisotopic (exact) mass is 244 g/mol. The van der Waals surface area contributed by atoms with Crippen LogP contribution in [0.1, 0.15) is 32.6 Å². The number of carboxylic acids is 1. The first kappa shape index (κ1) is 13.8. The van der Waals surface area contributed by atoms with E-state index in [-0.39, 0.29) is 6.10 Å². The molecule has 2 amide bonds. The maximum absolute atomic E-state index is 11.3. The quantitative estimate of drug-likeness (QED) is 0.665. The summed E-state index contributed by atoms with van der Waals surface area (Å²) in [7, 11) is 0. The van der Waals surface area contributed by atoms with E-state index in [4.69, 9.17) is 9.84 Å². The van der Waals surface area contributed by atoms with Crippen LogP contribution >= 0.6 is 0 Å². The van der Waals surface area contributed by atoms with Gasteiger partial charge in [-0.1, -0.05) is 0 Å². The normalized spacial score (nSPS) is 21.6. The van der Waals surface area contributed by atoms with Gasteiger partial charge >= 0.3 is 12.0 Å². The highest BCUT2D eigenvalue weighted by molar-refractivity contribution is 5.82. The molecule has 0 aliphatic carbocycles. The average Bonchev–Trinajstić information content (AvgIpc) is 2.30. The van der Waals surface area contributed by atoms with Gasteiger partial charge < -0.3 is 20.5 Å². The number of carbonyl (C=O) groups is 2. The zero-order valence-electron chi connectivity index (χ0n) is 10.1. The topological polar surface area (TPSA) is 87.7 Å². The molecule has 1 unspecified atom stereocenters. The number of amides is 2. The predicted octanol–water partition coefficient (Wildman–Crippen LogP) is 0.718. The van der Waals surface area contributed by atoms with Gasteiger partial charge in [0.25, 0.3) is 0 Å². The molecule has 1 rings (SSSR count). The van der Waals surface area contributed by atoms with Crippen molar-refractivity contribution < 1.29 is 19.4 Å². The lowest BCUT2D eigenvalue weighted by molar-refractivity contribution is -0.138. The number of urea groups is 1. The molecule has 0 aromatic rings. The molecule has 6 heteroatoms. The molecule has 0 radical (unpaired) electrons. The fourth-order valence-electron chi connectivity index (χ4n) is 1.69. The number of hydrogen-bond acceptors (Lipinski definition) is 3. The number of nitrogens with one attached hydrogen (secondary N) is 2. The second-order valence-corrected chi connectivity index (χ2v) is 4.24. The van der Waals surface area contributed by atoms with Gasteiger partial charge in [-0.3, -0.25) is 4.79 Å². The Balaban J connectivity index is 2.09. The Hall–Kier alpha value is -1.30.